The van der Waals surface area contributed by atoms with Crippen molar-refractivity contribution in [3.05, 3.63) is 16.0 Å². The number of fused-ring (bicyclic) bond motifs is 1. The van der Waals surface area contributed by atoms with Crippen molar-refractivity contribution < 1.29 is 4.79 Å². The lowest BCUT2D eigenvalue weighted by Gasteiger charge is -2.20. The Bertz CT molecular complexity index is 556. The minimum absolute atomic E-state index is 0.0539. The molecular formula is C18H26N2OS. The van der Waals surface area contributed by atoms with E-state index < -0.39 is 0 Å². The van der Waals surface area contributed by atoms with E-state index >= 15 is 0 Å². The third-order valence-electron chi connectivity index (χ3n) is 4.57. The predicted molar refractivity (Wildman–Crippen MR) is 92.2 cm³/mol. The topological polar surface area (TPSA) is 52.9 Å². The highest BCUT2D eigenvalue weighted by molar-refractivity contribution is 7.16. The van der Waals surface area contributed by atoms with E-state index in [1.54, 1.807) is 11.3 Å². The molecule has 4 heteroatoms. The Kier molecular flexibility index (Phi) is 6.45. The number of amides is 1. The second-order valence-corrected chi connectivity index (χ2v) is 7.30. The Labute approximate surface area is 137 Å². The summed E-state index contributed by atoms with van der Waals surface area (Å²) in [6.07, 6.45) is 9.37. The van der Waals surface area contributed by atoms with E-state index in [4.69, 9.17) is 0 Å². The number of nitrogens with one attached hydrogen (secondary N) is 1. The van der Waals surface area contributed by atoms with Gasteiger partial charge in [-0.25, -0.2) is 0 Å². The summed E-state index contributed by atoms with van der Waals surface area (Å²) in [7, 11) is 0. The van der Waals surface area contributed by atoms with Crippen molar-refractivity contribution in [2.75, 3.05) is 5.32 Å². The molecule has 0 saturated heterocycles. The van der Waals surface area contributed by atoms with Crippen LogP contribution in [-0.2, 0) is 17.6 Å². The molecule has 0 aromatic carbocycles. The van der Waals surface area contributed by atoms with Crippen LogP contribution in [0.4, 0.5) is 5.00 Å². The van der Waals surface area contributed by atoms with Gasteiger partial charge in [-0.1, -0.05) is 39.5 Å². The summed E-state index contributed by atoms with van der Waals surface area (Å²) in [5.74, 6) is 0.786. The minimum atomic E-state index is 0.0539. The molecule has 0 aliphatic heterocycles. The van der Waals surface area contributed by atoms with E-state index in [0.717, 1.165) is 42.2 Å². The van der Waals surface area contributed by atoms with Crippen molar-refractivity contribution in [3.63, 3.8) is 0 Å². The average molecular weight is 318 g/mol. The molecule has 0 bridgehead atoms. The Hall–Kier alpha value is -1.34. The van der Waals surface area contributed by atoms with E-state index in [1.165, 1.54) is 36.1 Å². The summed E-state index contributed by atoms with van der Waals surface area (Å²) in [5, 5.41) is 13.2. The van der Waals surface area contributed by atoms with E-state index in [0.29, 0.717) is 6.42 Å². The first-order valence-electron chi connectivity index (χ1n) is 8.54. The van der Waals surface area contributed by atoms with Crippen LogP contribution in [0.5, 0.6) is 0 Å². The van der Waals surface area contributed by atoms with Crippen LogP contribution < -0.4 is 5.32 Å². The molecule has 0 fully saturated rings. The number of anilines is 1. The lowest BCUT2D eigenvalue weighted by Crippen LogP contribution is -2.12. The highest BCUT2D eigenvalue weighted by atomic mass is 32.1. The maximum Gasteiger partial charge on any atom is 0.225 e. The maximum atomic E-state index is 12.1. The fraction of sp³-hybridized carbons (Fsp3) is 0.667. The third-order valence-corrected chi connectivity index (χ3v) is 5.74. The lowest BCUT2D eigenvalue weighted by atomic mass is 9.86. The van der Waals surface area contributed by atoms with Crippen molar-refractivity contribution >= 4 is 22.2 Å². The van der Waals surface area contributed by atoms with Crippen LogP contribution in [0.25, 0.3) is 0 Å². The first kappa shape index (κ1) is 17.0. The molecular weight excluding hydrogens is 292 g/mol. The van der Waals surface area contributed by atoms with Gasteiger partial charge in [0.2, 0.25) is 5.91 Å². The summed E-state index contributed by atoms with van der Waals surface area (Å²) in [4.78, 5) is 13.4. The Morgan fingerprint density at radius 1 is 1.36 bits per heavy atom. The predicted octanol–water partition coefficient (Wildman–Crippen LogP) is 5.04. The first-order chi connectivity index (χ1) is 10.7. The second kappa shape index (κ2) is 8.33. The number of hydrogen-bond acceptors (Lipinski definition) is 3. The number of nitriles is 1. The number of unbranched alkanes of at least 4 members (excludes halogenated alkanes) is 3. The van der Waals surface area contributed by atoms with Gasteiger partial charge in [0.15, 0.2) is 0 Å². The molecule has 1 N–H and O–H groups in total. The average Bonchev–Trinajstić information content (AvgIpc) is 2.87. The van der Waals surface area contributed by atoms with Crippen molar-refractivity contribution in [2.45, 2.75) is 71.6 Å². The molecule has 0 saturated carbocycles. The van der Waals surface area contributed by atoms with Crippen LogP contribution in [0.1, 0.15) is 74.8 Å². The van der Waals surface area contributed by atoms with Crippen molar-refractivity contribution in [1.82, 2.24) is 0 Å². The molecule has 2 rings (SSSR count). The summed E-state index contributed by atoms with van der Waals surface area (Å²) in [5.41, 5.74) is 1.91. The quantitative estimate of drug-likeness (QED) is 0.716. The molecule has 1 aliphatic carbocycles. The lowest BCUT2D eigenvalue weighted by molar-refractivity contribution is -0.116. The smallest absolute Gasteiger partial charge is 0.225 e. The second-order valence-electron chi connectivity index (χ2n) is 6.20. The van der Waals surface area contributed by atoms with Gasteiger partial charge in [0, 0.05) is 11.3 Å². The Morgan fingerprint density at radius 3 is 2.86 bits per heavy atom. The van der Waals surface area contributed by atoms with Gasteiger partial charge in [-0.05, 0) is 37.2 Å². The van der Waals surface area contributed by atoms with Gasteiger partial charge in [0.1, 0.15) is 11.1 Å². The fourth-order valence-electron chi connectivity index (χ4n) is 3.11. The zero-order valence-electron chi connectivity index (χ0n) is 13.7. The molecule has 1 aliphatic rings. The molecule has 0 radical (unpaired) electrons. The molecule has 1 aromatic heterocycles. The number of hydrogen-bond donors (Lipinski definition) is 1. The van der Waals surface area contributed by atoms with Crippen LogP contribution in [0, 0.1) is 17.2 Å². The Balaban J connectivity index is 2.01. The van der Waals surface area contributed by atoms with E-state index in [-0.39, 0.29) is 5.91 Å². The number of carbonyl (C=O) groups is 1. The van der Waals surface area contributed by atoms with Crippen molar-refractivity contribution in [3.8, 4) is 6.07 Å². The number of rotatable bonds is 7. The van der Waals surface area contributed by atoms with E-state index in [2.05, 4.69) is 25.2 Å². The maximum absolute atomic E-state index is 12.1. The Morgan fingerprint density at radius 2 is 2.18 bits per heavy atom. The molecule has 120 valence electrons. The summed E-state index contributed by atoms with van der Waals surface area (Å²) >= 11 is 1.62. The molecule has 1 amide bonds. The van der Waals surface area contributed by atoms with Gasteiger partial charge in [0.25, 0.3) is 0 Å². The summed E-state index contributed by atoms with van der Waals surface area (Å²) in [6, 6.07) is 2.31. The number of carbonyl (C=O) groups excluding carboxylic acids is 1. The van der Waals surface area contributed by atoms with Crippen molar-refractivity contribution in [1.29, 1.82) is 5.26 Å². The molecule has 22 heavy (non-hydrogen) atoms. The van der Waals surface area contributed by atoms with E-state index in [9.17, 15) is 10.1 Å². The van der Waals surface area contributed by atoms with E-state index in [1.807, 2.05) is 0 Å². The van der Waals surface area contributed by atoms with Gasteiger partial charge in [-0.15, -0.1) is 11.3 Å². The minimum Gasteiger partial charge on any atom is -0.317 e. The fourth-order valence-corrected chi connectivity index (χ4v) is 4.44. The van der Waals surface area contributed by atoms with Crippen LogP contribution in [0.2, 0.25) is 0 Å². The SMILES string of the molecule is CCCCCCC(=O)Nc1sc2c(c1C#N)CC[C@@H](CC)C2. The molecule has 1 atom stereocenters. The van der Waals surface area contributed by atoms with Crippen LogP contribution in [-0.4, -0.2) is 5.91 Å². The highest BCUT2D eigenvalue weighted by Crippen LogP contribution is 2.40. The first-order valence-corrected chi connectivity index (χ1v) is 9.35. The molecule has 3 nitrogen and oxygen atoms in total. The monoisotopic (exact) mass is 318 g/mol. The molecule has 0 unspecified atom stereocenters. The number of thiophene rings is 1. The third kappa shape index (κ3) is 4.10. The number of nitrogens with zero attached hydrogens (tertiary/aromatic N) is 1. The van der Waals surface area contributed by atoms with Gasteiger partial charge in [-0.3, -0.25) is 4.79 Å². The zero-order chi connectivity index (χ0) is 15.9. The summed E-state index contributed by atoms with van der Waals surface area (Å²) in [6.45, 7) is 4.40. The molecule has 1 aromatic rings. The summed E-state index contributed by atoms with van der Waals surface area (Å²) < 4.78 is 0. The largest absolute Gasteiger partial charge is 0.317 e. The molecule has 1 heterocycles. The van der Waals surface area contributed by atoms with Gasteiger partial charge in [0.05, 0.1) is 5.56 Å². The van der Waals surface area contributed by atoms with Gasteiger partial charge < -0.3 is 5.32 Å². The van der Waals surface area contributed by atoms with Gasteiger partial charge in [-0.2, -0.15) is 5.26 Å². The zero-order valence-corrected chi connectivity index (χ0v) is 14.5. The van der Waals surface area contributed by atoms with Gasteiger partial charge >= 0.3 is 0 Å². The van der Waals surface area contributed by atoms with Crippen LogP contribution in [0.15, 0.2) is 0 Å². The van der Waals surface area contributed by atoms with Crippen LogP contribution in [0.3, 0.4) is 0 Å². The van der Waals surface area contributed by atoms with Crippen LogP contribution >= 0.6 is 11.3 Å². The highest BCUT2D eigenvalue weighted by Gasteiger charge is 2.25. The van der Waals surface area contributed by atoms with Crippen molar-refractivity contribution in [2.24, 2.45) is 5.92 Å². The molecule has 0 spiro atoms. The normalized spacial score (nSPS) is 16.9. The standard InChI is InChI=1S/C18H26N2OS/c1-3-5-6-7-8-17(21)20-18-15(12-19)14-10-9-13(4-2)11-16(14)22-18/h13H,3-11H2,1-2H3,(H,20,21)/t13-/m1/s1.